The van der Waals surface area contributed by atoms with E-state index in [1.807, 2.05) is 19.1 Å². The third-order valence-corrected chi connectivity index (χ3v) is 7.46. The lowest BCUT2D eigenvalue weighted by atomic mass is 9.90. The SMILES string of the molecule is CCC(CCN[C@@H]1CC[C@@H]([C@@H](O)Cc2ccnc3ccc(OC)nc23)O[C@@H]1CC(N)=O)c1cc(F)ccc1F. The minimum Gasteiger partial charge on any atom is -0.481 e. The Kier molecular flexibility index (Phi) is 9.77. The summed E-state index contributed by atoms with van der Waals surface area (Å²) >= 11 is 0. The first-order chi connectivity index (χ1) is 18.8. The van der Waals surface area contributed by atoms with E-state index >= 15 is 0 Å². The number of methoxy groups -OCH3 is 1. The van der Waals surface area contributed by atoms with Crippen LogP contribution in [0.25, 0.3) is 11.0 Å². The number of aliphatic hydroxyl groups excluding tert-OH is 1. The van der Waals surface area contributed by atoms with Crippen LogP contribution in [0, 0.1) is 11.6 Å². The Labute approximate surface area is 226 Å². The second-order valence-electron chi connectivity index (χ2n) is 10.0. The van der Waals surface area contributed by atoms with E-state index in [1.165, 1.54) is 6.07 Å². The molecule has 1 amide bonds. The number of aromatic nitrogens is 2. The van der Waals surface area contributed by atoms with Gasteiger partial charge in [-0.3, -0.25) is 9.78 Å². The lowest BCUT2D eigenvalue weighted by Crippen LogP contribution is -2.51. The Morgan fingerprint density at radius 2 is 2.08 bits per heavy atom. The lowest BCUT2D eigenvalue weighted by molar-refractivity contribution is -0.136. The summed E-state index contributed by atoms with van der Waals surface area (Å²) in [5.41, 5.74) is 8.05. The summed E-state index contributed by atoms with van der Waals surface area (Å²) in [6, 6.07) is 8.74. The predicted octanol–water partition coefficient (Wildman–Crippen LogP) is 3.79. The van der Waals surface area contributed by atoms with Gasteiger partial charge in [0, 0.05) is 24.7 Å². The standard InChI is InChI=1S/C29H36F2N4O4/c1-3-17(20-15-19(30)4-5-21(20)31)10-12-33-22-6-8-25(39-26(22)16-27(32)37)24(36)14-18-11-13-34-23-7-9-28(38-2)35-29(18)23/h4-5,7,9,11,13,15,17,22,24-26,33,36H,3,6,8,10,12,14,16H2,1-2H3,(H2,32,37)/t17?,22-,24+,25+,26-/m1/s1. The van der Waals surface area contributed by atoms with Crippen LogP contribution in [0.4, 0.5) is 8.78 Å². The van der Waals surface area contributed by atoms with E-state index in [9.17, 15) is 18.7 Å². The molecule has 2 aromatic heterocycles. The number of pyridine rings is 2. The number of nitrogens with one attached hydrogen (secondary N) is 1. The topological polar surface area (TPSA) is 120 Å². The van der Waals surface area contributed by atoms with E-state index in [4.69, 9.17) is 15.2 Å². The van der Waals surface area contributed by atoms with Crippen LogP contribution in [-0.2, 0) is 16.0 Å². The Morgan fingerprint density at radius 3 is 2.82 bits per heavy atom. The van der Waals surface area contributed by atoms with E-state index in [-0.39, 0.29) is 18.4 Å². The van der Waals surface area contributed by atoms with Crippen molar-refractivity contribution >= 4 is 16.9 Å². The molecule has 0 aliphatic carbocycles. The number of nitrogens with two attached hydrogens (primary N) is 1. The number of hydrogen-bond acceptors (Lipinski definition) is 7. The van der Waals surface area contributed by atoms with Gasteiger partial charge in [-0.15, -0.1) is 0 Å². The summed E-state index contributed by atoms with van der Waals surface area (Å²) in [6.45, 7) is 2.47. The van der Waals surface area contributed by atoms with Crippen molar-refractivity contribution in [1.82, 2.24) is 15.3 Å². The van der Waals surface area contributed by atoms with Crippen LogP contribution in [0.5, 0.6) is 5.88 Å². The van der Waals surface area contributed by atoms with Gasteiger partial charge in [-0.2, -0.15) is 0 Å². The zero-order valence-electron chi connectivity index (χ0n) is 22.3. The van der Waals surface area contributed by atoms with E-state index in [1.54, 1.807) is 19.4 Å². The molecule has 39 heavy (non-hydrogen) atoms. The van der Waals surface area contributed by atoms with Crippen molar-refractivity contribution in [2.45, 2.75) is 75.7 Å². The van der Waals surface area contributed by atoms with Crippen LogP contribution in [0.15, 0.2) is 42.6 Å². The summed E-state index contributed by atoms with van der Waals surface area (Å²) < 4.78 is 39.5. The molecule has 1 aliphatic rings. The summed E-state index contributed by atoms with van der Waals surface area (Å²) in [5, 5.41) is 14.5. The summed E-state index contributed by atoms with van der Waals surface area (Å²) in [5.74, 6) is -1.06. The van der Waals surface area contributed by atoms with Crippen molar-refractivity contribution in [1.29, 1.82) is 0 Å². The van der Waals surface area contributed by atoms with E-state index in [0.29, 0.717) is 61.1 Å². The van der Waals surface area contributed by atoms with Gasteiger partial charge in [-0.05, 0) is 79.6 Å². The molecule has 3 aromatic rings. The third kappa shape index (κ3) is 7.26. The highest BCUT2D eigenvalue weighted by atomic mass is 19.1. The molecule has 4 rings (SSSR count). The zero-order valence-corrected chi connectivity index (χ0v) is 22.3. The molecular weight excluding hydrogens is 506 g/mol. The number of rotatable bonds is 12. The van der Waals surface area contributed by atoms with E-state index in [2.05, 4.69) is 15.3 Å². The fraction of sp³-hybridized carbons (Fsp3) is 0.483. The Balaban J connectivity index is 1.39. The molecule has 0 saturated carbocycles. The molecule has 0 bridgehead atoms. The molecule has 1 fully saturated rings. The van der Waals surface area contributed by atoms with Crippen LogP contribution >= 0.6 is 0 Å². The van der Waals surface area contributed by atoms with Crippen molar-refractivity contribution in [3.63, 3.8) is 0 Å². The number of amides is 1. The highest BCUT2D eigenvalue weighted by Crippen LogP contribution is 2.29. The number of carbonyl (C=O) groups excluding carboxylic acids is 1. The van der Waals surface area contributed by atoms with Gasteiger partial charge < -0.3 is 25.6 Å². The number of primary amides is 1. The van der Waals surface area contributed by atoms with Gasteiger partial charge in [0.2, 0.25) is 11.8 Å². The number of aliphatic hydroxyl groups is 1. The van der Waals surface area contributed by atoms with Gasteiger partial charge in [0.15, 0.2) is 0 Å². The normalized spacial score (nSPS) is 21.0. The summed E-state index contributed by atoms with van der Waals surface area (Å²) in [4.78, 5) is 20.6. The molecule has 210 valence electrons. The lowest BCUT2D eigenvalue weighted by Gasteiger charge is -2.39. The van der Waals surface area contributed by atoms with Crippen LogP contribution in [0.1, 0.15) is 56.1 Å². The van der Waals surface area contributed by atoms with Gasteiger partial charge in [0.1, 0.15) is 11.6 Å². The monoisotopic (exact) mass is 542 g/mol. The summed E-state index contributed by atoms with van der Waals surface area (Å²) in [6.07, 6.45) is 2.62. The maximum absolute atomic E-state index is 14.3. The Hall–Kier alpha value is -3.21. The van der Waals surface area contributed by atoms with Crippen molar-refractivity contribution in [3.05, 3.63) is 65.4 Å². The minimum absolute atomic E-state index is 0.00750. The average molecular weight is 543 g/mol. The molecule has 4 N–H and O–H groups in total. The molecule has 1 aromatic carbocycles. The van der Waals surface area contributed by atoms with Crippen LogP contribution in [0.3, 0.4) is 0 Å². The first-order valence-corrected chi connectivity index (χ1v) is 13.4. The maximum Gasteiger partial charge on any atom is 0.220 e. The van der Waals surface area contributed by atoms with Gasteiger partial charge in [0.05, 0.1) is 42.9 Å². The number of benzene rings is 1. The molecular formula is C29H36F2N4O4. The highest BCUT2D eigenvalue weighted by molar-refractivity contribution is 5.78. The van der Waals surface area contributed by atoms with Crippen molar-refractivity contribution in [3.8, 4) is 5.88 Å². The zero-order chi connectivity index (χ0) is 27.9. The second-order valence-corrected chi connectivity index (χ2v) is 10.0. The van der Waals surface area contributed by atoms with Gasteiger partial charge in [-0.25, -0.2) is 13.8 Å². The molecule has 1 aliphatic heterocycles. The fourth-order valence-electron chi connectivity index (χ4n) is 5.37. The fourth-order valence-corrected chi connectivity index (χ4v) is 5.37. The average Bonchev–Trinajstić information content (AvgIpc) is 2.93. The largest absolute Gasteiger partial charge is 0.481 e. The minimum atomic E-state index is -0.833. The second kappa shape index (κ2) is 13.2. The molecule has 1 saturated heterocycles. The van der Waals surface area contributed by atoms with Crippen LogP contribution in [-0.4, -0.2) is 59.0 Å². The van der Waals surface area contributed by atoms with Crippen LogP contribution in [0.2, 0.25) is 0 Å². The number of halogens is 2. The number of fused-ring (bicyclic) bond motifs is 1. The quantitative estimate of drug-likeness (QED) is 0.319. The predicted molar refractivity (Wildman–Crippen MR) is 143 cm³/mol. The Morgan fingerprint density at radius 1 is 1.26 bits per heavy atom. The summed E-state index contributed by atoms with van der Waals surface area (Å²) in [7, 11) is 1.54. The van der Waals surface area contributed by atoms with Crippen molar-refractivity contribution in [2.24, 2.45) is 5.73 Å². The third-order valence-electron chi connectivity index (χ3n) is 7.46. The van der Waals surface area contributed by atoms with E-state index < -0.39 is 35.9 Å². The van der Waals surface area contributed by atoms with Crippen LogP contribution < -0.4 is 15.8 Å². The number of ether oxygens (including phenoxy) is 2. The molecule has 0 radical (unpaired) electrons. The van der Waals surface area contributed by atoms with Gasteiger partial charge >= 0.3 is 0 Å². The molecule has 10 heteroatoms. The number of carbonyl (C=O) groups is 1. The Bertz CT molecular complexity index is 1280. The van der Waals surface area contributed by atoms with Gasteiger partial charge in [-0.1, -0.05) is 6.92 Å². The highest BCUT2D eigenvalue weighted by Gasteiger charge is 2.35. The van der Waals surface area contributed by atoms with Crippen molar-refractivity contribution in [2.75, 3.05) is 13.7 Å². The van der Waals surface area contributed by atoms with Crippen molar-refractivity contribution < 1.29 is 28.2 Å². The molecule has 5 atom stereocenters. The molecule has 1 unspecified atom stereocenters. The molecule has 8 nitrogen and oxygen atoms in total. The smallest absolute Gasteiger partial charge is 0.220 e. The molecule has 3 heterocycles. The number of hydrogen-bond donors (Lipinski definition) is 3. The first-order valence-electron chi connectivity index (χ1n) is 13.4. The maximum atomic E-state index is 14.3. The molecule has 0 spiro atoms. The van der Waals surface area contributed by atoms with E-state index in [0.717, 1.165) is 17.7 Å². The first kappa shape index (κ1) is 28.8. The van der Waals surface area contributed by atoms with Gasteiger partial charge in [0.25, 0.3) is 0 Å². The number of nitrogens with zero attached hydrogens (tertiary/aromatic N) is 2.